The molecule has 2 amide bonds. The molecule has 2 fully saturated rings. The number of amides is 2. The van der Waals surface area contributed by atoms with Crippen LogP contribution in [0.3, 0.4) is 0 Å². The molecule has 1 aliphatic carbocycles. The van der Waals surface area contributed by atoms with Crippen molar-refractivity contribution in [3.8, 4) is 17.3 Å². The Morgan fingerprint density at radius 1 is 1.21 bits per heavy atom. The molecule has 10 nitrogen and oxygen atoms in total. The fraction of sp³-hybridized carbons (Fsp3) is 0.448. The number of aromatic nitrogens is 4. The summed E-state index contributed by atoms with van der Waals surface area (Å²) in [6.07, 6.45) is 8.96. The summed E-state index contributed by atoms with van der Waals surface area (Å²) in [6, 6.07) is 7.87. The van der Waals surface area contributed by atoms with Crippen molar-refractivity contribution in [2.45, 2.75) is 65.0 Å². The number of nitriles is 1. The molecule has 39 heavy (non-hydrogen) atoms. The summed E-state index contributed by atoms with van der Waals surface area (Å²) in [7, 11) is 0. The van der Waals surface area contributed by atoms with E-state index in [1.807, 2.05) is 42.2 Å². The Kier molecular flexibility index (Phi) is 6.09. The van der Waals surface area contributed by atoms with E-state index < -0.39 is 11.5 Å². The van der Waals surface area contributed by atoms with Gasteiger partial charge in [0.2, 0.25) is 17.8 Å². The van der Waals surface area contributed by atoms with Crippen LogP contribution < -0.4 is 10.2 Å². The monoisotopic (exact) mass is 524 g/mol. The molecule has 6 rings (SSSR count). The number of likely N-dealkylation sites (tertiary alicyclic amines) is 1. The van der Waals surface area contributed by atoms with Gasteiger partial charge in [-0.2, -0.15) is 10.4 Å². The first-order chi connectivity index (χ1) is 18.8. The fourth-order valence-electron chi connectivity index (χ4n) is 5.59. The van der Waals surface area contributed by atoms with Gasteiger partial charge < -0.3 is 15.1 Å². The molecule has 3 aromatic rings. The number of carbonyl (C=O) groups excluding carboxylic acids is 2. The van der Waals surface area contributed by atoms with Crippen molar-refractivity contribution in [2.24, 2.45) is 5.41 Å². The molecular formula is C29H32N8O2. The zero-order valence-electron chi connectivity index (χ0n) is 22.5. The maximum absolute atomic E-state index is 13.6. The molecule has 1 N–H and O–H groups in total. The number of nitrogens with one attached hydrogen (secondary N) is 1. The van der Waals surface area contributed by atoms with Crippen LogP contribution >= 0.6 is 0 Å². The third kappa shape index (κ3) is 4.42. The van der Waals surface area contributed by atoms with Gasteiger partial charge in [-0.05, 0) is 82.2 Å². The van der Waals surface area contributed by atoms with Gasteiger partial charge in [0.15, 0.2) is 0 Å². The van der Waals surface area contributed by atoms with Crippen LogP contribution in [0.25, 0.3) is 11.3 Å². The van der Waals surface area contributed by atoms with Gasteiger partial charge in [-0.1, -0.05) is 0 Å². The van der Waals surface area contributed by atoms with E-state index in [4.69, 9.17) is 4.98 Å². The van der Waals surface area contributed by atoms with Crippen LogP contribution in [0.4, 0.5) is 17.3 Å². The van der Waals surface area contributed by atoms with E-state index in [0.29, 0.717) is 38.3 Å². The van der Waals surface area contributed by atoms with Gasteiger partial charge in [-0.3, -0.25) is 14.3 Å². The van der Waals surface area contributed by atoms with Crippen molar-refractivity contribution < 1.29 is 9.59 Å². The second-order valence-corrected chi connectivity index (χ2v) is 11.1. The van der Waals surface area contributed by atoms with Crippen molar-refractivity contribution in [3.05, 3.63) is 47.9 Å². The van der Waals surface area contributed by atoms with Crippen molar-refractivity contribution in [1.29, 1.82) is 5.26 Å². The smallest absolute Gasteiger partial charge is 0.249 e. The molecule has 1 saturated heterocycles. The number of aryl methyl sites for hydroxylation is 1. The summed E-state index contributed by atoms with van der Waals surface area (Å²) in [5.41, 5.74) is 4.61. The Morgan fingerprint density at radius 3 is 2.74 bits per heavy atom. The number of fused-ring (bicyclic) bond motifs is 1. The van der Waals surface area contributed by atoms with E-state index in [2.05, 4.69) is 35.3 Å². The molecular weight excluding hydrogens is 492 g/mol. The Bertz CT molecular complexity index is 1500. The van der Waals surface area contributed by atoms with Gasteiger partial charge in [-0.15, -0.1) is 0 Å². The second kappa shape index (κ2) is 9.49. The highest BCUT2D eigenvalue weighted by molar-refractivity contribution is 6.02. The summed E-state index contributed by atoms with van der Waals surface area (Å²) >= 11 is 0. The van der Waals surface area contributed by atoms with Crippen LogP contribution in [0, 0.1) is 23.7 Å². The van der Waals surface area contributed by atoms with E-state index >= 15 is 0 Å². The lowest BCUT2D eigenvalue weighted by atomic mass is 10.1. The van der Waals surface area contributed by atoms with Crippen LogP contribution in [0.5, 0.6) is 0 Å². The highest BCUT2D eigenvalue weighted by Gasteiger charge is 2.55. The molecule has 1 aromatic carbocycles. The third-order valence-electron chi connectivity index (χ3n) is 8.05. The molecule has 10 heteroatoms. The quantitative estimate of drug-likeness (QED) is 0.514. The van der Waals surface area contributed by atoms with Crippen molar-refractivity contribution in [3.63, 3.8) is 0 Å². The molecule has 1 saturated carbocycles. The normalized spacial score (nSPS) is 19.2. The van der Waals surface area contributed by atoms with Gasteiger partial charge in [0.25, 0.3) is 0 Å². The van der Waals surface area contributed by atoms with Gasteiger partial charge in [0.1, 0.15) is 11.5 Å². The van der Waals surface area contributed by atoms with Gasteiger partial charge in [0.05, 0.1) is 18.0 Å². The number of benzene rings is 1. The van der Waals surface area contributed by atoms with Crippen LogP contribution in [0.2, 0.25) is 0 Å². The summed E-state index contributed by atoms with van der Waals surface area (Å²) in [6.45, 7) is 7.27. The predicted molar refractivity (Wildman–Crippen MR) is 146 cm³/mol. The summed E-state index contributed by atoms with van der Waals surface area (Å²) in [4.78, 5) is 39.3. The van der Waals surface area contributed by atoms with Crippen LogP contribution in [0.1, 0.15) is 56.7 Å². The molecule has 2 aliphatic heterocycles. The summed E-state index contributed by atoms with van der Waals surface area (Å²) in [5, 5.41) is 17.2. The highest BCUT2D eigenvalue weighted by Crippen LogP contribution is 2.47. The second-order valence-electron chi connectivity index (χ2n) is 11.1. The zero-order valence-corrected chi connectivity index (χ0v) is 22.5. The van der Waals surface area contributed by atoms with Crippen molar-refractivity contribution in [1.82, 2.24) is 24.6 Å². The number of anilines is 3. The Balaban J connectivity index is 1.18. The van der Waals surface area contributed by atoms with Crippen LogP contribution in [0.15, 0.2) is 36.8 Å². The number of hydrogen-bond acceptors (Lipinski definition) is 7. The van der Waals surface area contributed by atoms with E-state index in [1.54, 1.807) is 16.0 Å². The first kappa shape index (κ1) is 25.0. The van der Waals surface area contributed by atoms with Crippen LogP contribution in [-0.2, 0) is 16.0 Å². The molecule has 0 radical (unpaired) electrons. The average Bonchev–Trinajstić information content (AvgIpc) is 3.29. The minimum Gasteiger partial charge on any atom is -0.329 e. The number of nitrogens with zero attached hydrogens (tertiary/aromatic N) is 7. The lowest BCUT2D eigenvalue weighted by Crippen LogP contribution is -2.49. The zero-order chi connectivity index (χ0) is 27.3. The fourth-order valence-corrected chi connectivity index (χ4v) is 5.59. The maximum atomic E-state index is 13.6. The lowest BCUT2D eigenvalue weighted by Gasteiger charge is -2.29. The molecule has 0 unspecified atom stereocenters. The SMILES string of the molecule is Cc1cnc(Nc2ccc3c(c2)CCN3C(=O)[C@H]2CCCN2C(=O)C2(C#N)CC2)nc1-c1cnn(C(C)C)c1. The van der Waals surface area contributed by atoms with E-state index in [-0.39, 0.29) is 17.9 Å². The van der Waals surface area contributed by atoms with Crippen LogP contribution in [-0.4, -0.2) is 55.6 Å². The predicted octanol–water partition coefficient (Wildman–Crippen LogP) is 4.16. The minimum absolute atomic E-state index is 0.0532. The third-order valence-corrected chi connectivity index (χ3v) is 8.05. The van der Waals surface area contributed by atoms with Crippen molar-refractivity contribution >= 4 is 29.1 Å². The average molecular weight is 525 g/mol. The molecule has 0 spiro atoms. The Morgan fingerprint density at radius 2 is 2.03 bits per heavy atom. The molecule has 2 aromatic heterocycles. The lowest BCUT2D eigenvalue weighted by molar-refractivity contribution is -0.140. The summed E-state index contributed by atoms with van der Waals surface area (Å²) in [5.74, 6) is 0.265. The first-order valence-electron chi connectivity index (χ1n) is 13.6. The van der Waals surface area contributed by atoms with E-state index in [0.717, 1.165) is 46.6 Å². The minimum atomic E-state index is -0.904. The Labute approximate surface area is 227 Å². The number of carbonyl (C=O) groups is 2. The molecule has 1 atom stereocenters. The highest BCUT2D eigenvalue weighted by atomic mass is 16.2. The van der Waals surface area contributed by atoms with E-state index in [1.165, 1.54) is 0 Å². The molecule has 3 aliphatic rings. The number of hydrogen-bond donors (Lipinski definition) is 1. The van der Waals surface area contributed by atoms with Crippen molar-refractivity contribution in [2.75, 3.05) is 23.3 Å². The topological polar surface area (TPSA) is 120 Å². The van der Waals surface area contributed by atoms with Gasteiger partial charge in [-0.25, -0.2) is 9.97 Å². The van der Waals surface area contributed by atoms with Gasteiger partial charge >= 0.3 is 0 Å². The largest absolute Gasteiger partial charge is 0.329 e. The first-order valence-corrected chi connectivity index (χ1v) is 13.6. The molecule has 4 heterocycles. The Hall–Kier alpha value is -4.26. The maximum Gasteiger partial charge on any atom is 0.249 e. The van der Waals surface area contributed by atoms with E-state index in [9.17, 15) is 14.9 Å². The number of rotatable bonds is 6. The van der Waals surface area contributed by atoms with Gasteiger partial charge in [0, 0.05) is 48.5 Å². The summed E-state index contributed by atoms with van der Waals surface area (Å²) < 4.78 is 1.91. The molecule has 0 bridgehead atoms. The molecule has 200 valence electrons. The standard InChI is InChI=1S/C29H32N8O2/c1-18(2)37-16-21(15-32-37)25-19(3)14-31-28(34-25)33-22-6-7-23-20(13-22)8-12-35(23)26(38)24-5-4-11-36(24)27(39)29(17-30)9-10-29/h6-7,13-16,18,24H,4-5,8-12H2,1-3H3,(H,31,33,34)/t24-/m1/s1.